The molecule has 102 valence electrons. The van der Waals surface area contributed by atoms with Crippen molar-refractivity contribution in [3.63, 3.8) is 0 Å². The Kier molecular flexibility index (Phi) is 2.28. The smallest absolute Gasteiger partial charge is 0.135 e. The number of anilines is 1. The summed E-state index contributed by atoms with van der Waals surface area (Å²) in [5.74, 6) is 2.76. The first-order chi connectivity index (χ1) is 9.68. The van der Waals surface area contributed by atoms with Crippen molar-refractivity contribution < 1.29 is 9.47 Å². The molecule has 4 rings (SSSR count). The Hall–Kier alpha value is -2.16. The molecule has 1 spiro atoms. The highest BCUT2D eigenvalue weighted by Gasteiger charge is 2.53. The van der Waals surface area contributed by atoms with Crippen LogP contribution in [0, 0.1) is 6.92 Å². The molecule has 2 aromatic carbocycles. The Morgan fingerprint density at radius 3 is 2.55 bits per heavy atom. The zero-order valence-electron chi connectivity index (χ0n) is 11.5. The summed E-state index contributed by atoms with van der Waals surface area (Å²) in [5, 5.41) is 0. The topological polar surface area (TPSA) is 44.5 Å². The molecule has 0 aromatic heterocycles. The number of aryl methyl sites for hydroxylation is 1. The van der Waals surface area contributed by atoms with Crippen LogP contribution in [0.5, 0.6) is 17.2 Å². The van der Waals surface area contributed by atoms with Crippen molar-refractivity contribution in [1.82, 2.24) is 0 Å². The summed E-state index contributed by atoms with van der Waals surface area (Å²) in [4.78, 5) is 0. The van der Waals surface area contributed by atoms with Crippen molar-refractivity contribution in [3.8, 4) is 17.2 Å². The molecule has 3 nitrogen and oxygen atoms in total. The third kappa shape index (κ3) is 1.66. The van der Waals surface area contributed by atoms with Gasteiger partial charge in [0.2, 0.25) is 0 Å². The lowest BCUT2D eigenvalue weighted by Crippen LogP contribution is -2.08. The van der Waals surface area contributed by atoms with Gasteiger partial charge in [-0.05, 0) is 55.7 Å². The highest BCUT2D eigenvalue weighted by atomic mass is 16.5. The van der Waals surface area contributed by atoms with E-state index in [4.69, 9.17) is 15.2 Å². The number of hydrogen-bond donors (Lipinski definition) is 1. The average molecular weight is 267 g/mol. The predicted octanol–water partition coefficient (Wildman–Crippen LogP) is 3.79. The largest absolute Gasteiger partial charge is 0.492 e. The number of hydrogen-bond acceptors (Lipinski definition) is 3. The molecule has 0 atom stereocenters. The Bertz CT molecular complexity index is 672. The molecule has 0 unspecified atom stereocenters. The van der Waals surface area contributed by atoms with Crippen LogP contribution in [0.2, 0.25) is 0 Å². The standard InChI is InChI=1S/C17H17NO2/c1-11-2-7-14(20-13-5-3-12(18)4-6-13)15-16(11)19-10-17(15)8-9-17/h2-7H,8-10,18H2,1H3. The van der Waals surface area contributed by atoms with Crippen LogP contribution >= 0.6 is 0 Å². The molecule has 0 radical (unpaired) electrons. The van der Waals surface area contributed by atoms with E-state index in [-0.39, 0.29) is 5.41 Å². The molecule has 1 aliphatic carbocycles. The van der Waals surface area contributed by atoms with E-state index in [1.807, 2.05) is 24.3 Å². The number of nitrogens with two attached hydrogens (primary N) is 1. The van der Waals surface area contributed by atoms with Gasteiger partial charge in [-0.15, -0.1) is 0 Å². The minimum Gasteiger partial charge on any atom is -0.492 e. The van der Waals surface area contributed by atoms with Crippen molar-refractivity contribution in [3.05, 3.63) is 47.5 Å². The molecule has 1 fully saturated rings. The number of nitrogen functional groups attached to an aromatic ring is 1. The first-order valence-electron chi connectivity index (χ1n) is 6.98. The molecular formula is C17H17NO2. The maximum Gasteiger partial charge on any atom is 0.135 e. The van der Waals surface area contributed by atoms with Gasteiger partial charge in [0.1, 0.15) is 17.2 Å². The minimum absolute atomic E-state index is 0.213. The summed E-state index contributed by atoms with van der Waals surface area (Å²) in [6.45, 7) is 2.89. The highest BCUT2D eigenvalue weighted by Crippen LogP contribution is 2.59. The number of ether oxygens (including phenoxy) is 2. The normalized spacial score (nSPS) is 17.6. The minimum atomic E-state index is 0.213. The van der Waals surface area contributed by atoms with Crippen LogP contribution in [0.1, 0.15) is 24.0 Å². The van der Waals surface area contributed by atoms with Crippen molar-refractivity contribution in [2.45, 2.75) is 25.2 Å². The summed E-state index contributed by atoms with van der Waals surface area (Å²) in [6.07, 6.45) is 2.39. The maximum atomic E-state index is 6.07. The Balaban J connectivity index is 1.76. The monoisotopic (exact) mass is 267 g/mol. The van der Waals surface area contributed by atoms with Gasteiger partial charge < -0.3 is 15.2 Å². The van der Waals surface area contributed by atoms with Gasteiger partial charge in [-0.25, -0.2) is 0 Å². The van der Waals surface area contributed by atoms with Gasteiger partial charge in [0, 0.05) is 16.7 Å². The molecule has 2 aliphatic rings. The average Bonchev–Trinajstić information content (AvgIpc) is 3.11. The summed E-state index contributed by atoms with van der Waals surface area (Å²) in [5.41, 5.74) is 9.11. The third-order valence-electron chi connectivity index (χ3n) is 4.30. The van der Waals surface area contributed by atoms with E-state index in [2.05, 4.69) is 19.1 Å². The van der Waals surface area contributed by atoms with Crippen molar-refractivity contribution in [2.75, 3.05) is 12.3 Å². The second kappa shape index (κ2) is 3.92. The van der Waals surface area contributed by atoms with Crippen LogP contribution in [0.3, 0.4) is 0 Å². The molecule has 1 aliphatic heterocycles. The van der Waals surface area contributed by atoms with Crippen molar-refractivity contribution >= 4 is 5.69 Å². The van der Waals surface area contributed by atoms with E-state index in [0.717, 1.165) is 29.5 Å². The Morgan fingerprint density at radius 1 is 1.10 bits per heavy atom. The Labute approximate surface area is 118 Å². The predicted molar refractivity (Wildman–Crippen MR) is 78.5 cm³/mol. The highest BCUT2D eigenvalue weighted by molar-refractivity contribution is 5.59. The lowest BCUT2D eigenvalue weighted by atomic mass is 9.95. The number of benzene rings is 2. The van der Waals surface area contributed by atoms with E-state index in [9.17, 15) is 0 Å². The van der Waals surface area contributed by atoms with Gasteiger partial charge in [0.05, 0.1) is 6.61 Å². The van der Waals surface area contributed by atoms with Gasteiger partial charge in [0.25, 0.3) is 0 Å². The second-order valence-corrected chi connectivity index (χ2v) is 5.82. The van der Waals surface area contributed by atoms with Gasteiger partial charge in [-0.3, -0.25) is 0 Å². The molecule has 2 aromatic rings. The van der Waals surface area contributed by atoms with Crippen LogP contribution in [0.25, 0.3) is 0 Å². The first-order valence-corrected chi connectivity index (χ1v) is 6.98. The first kappa shape index (κ1) is 11.6. The zero-order valence-corrected chi connectivity index (χ0v) is 11.5. The Morgan fingerprint density at radius 2 is 1.85 bits per heavy atom. The van der Waals surface area contributed by atoms with Crippen LogP contribution in [-0.4, -0.2) is 6.61 Å². The molecular weight excluding hydrogens is 250 g/mol. The fourth-order valence-corrected chi connectivity index (χ4v) is 2.93. The lowest BCUT2D eigenvalue weighted by Gasteiger charge is -2.14. The van der Waals surface area contributed by atoms with Crippen LogP contribution < -0.4 is 15.2 Å². The van der Waals surface area contributed by atoms with Crippen molar-refractivity contribution in [2.24, 2.45) is 0 Å². The molecule has 1 saturated carbocycles. The maximum absolute atomic E-state index is 6.07. The van der Waals surface area contributed by atoms with E-state index >= 15 is 0 Å². The number of fused-ring (bicyclic) bond motifs is 2. The van der Waals surface area contributed by atoms with Crippen LogP contribution in [-0.2, 0) is 5.41 Å². The molecule has 3 heteroatoms. The fraction of sp³-hybridized carbons (Fsp3) is 0.294. The third-order valence-corrected chi connectivity index (χ3v) is 4.30. The molecule has 1 heterocycles. The number of rotatable bonds is 2. The molecule has 0 saturated heterocycles. The van der Waals surface area contributed by atoms with E-state index < -0.39 is 0 Å². The molecule has 0 amide bonds. The quantitative estimate of drug-likeness (QED) is 0.842. The van der Waals surface area contributed by atoms with Crippen LogP contribution in [0.4, 0.5) is 5.69 Å². The second-order valence-electron chi connectivity index (χ2n) is 5.82. The fourth-order valence-electron chi connectivity index (χ4n) is 2.93. The lowest BCUT2D eigenvalue weighted by molar-refractivity contribution is 0.322. The zero-order chi connectivity index (χ0) is 13.7. The van der Waals surface area contributed by atoms with Gasteiger partial charge in [-0.1, -0.05) is 6.07 Å². The summed E-state index contributed by atoms with van der Waals surface area (Å²) in [6, 6.07) is 11.6. The molecule has 20 heavy (non-hydrogen) atoms. The SMILES string of the molecule is Cc1ccc(Oc2ccc(N)cc2)c2c1OCC21CC1. The molecule has 2 N–H and O–H groups in total. The summed E-state index contributed by atoms with van der Waals surface area (Å²) < 4.78 is 12.0. The van der Waals surface area contributed by atoms with Gasteiger partial charge in [0.15, 0.2) is 0 Å². The van der Waals surface area contributed by atoms with Gasteiger partial charge >= 0.3 is 0 Å². The van der Waals surface area contributed by atoms with E-state index in [1.165, 1.54) is 24.0 Å². The van der Waals surface area contributed by atoms with Crippen LogP contribution in [0.15, 0.2) is 36.4 Å². The summed E-state index contributed by atoms with van der Waals surface area (Å²) >= 11 is 0. The molecule has 0 bridgehead atoms. The summed E-state index contributed by atoms with van der Waals surface area (Å²) in [7, 11) is 0. The van der Waals surface area contributed by atoms with Gasteiger partial charge in [-0.2, -0.15) is 0 Å². The van der Waals surface area contributed by atoms with E-state index in [1.54, 1.807) is 0 Å². The van der Waals surface area contributed by atoms with E-state index in [0.29, 0.717) is 0 Å². The van der Waals surface area contributed by atoms with Crippen molar-refractivity contribution in [1.29, 1.82) is 0 Å².